The second-order valence-corrected chi connectivity index (χ2v) is 0. The molecule has 27 valence electrons. The quantitative estimate of drug-likeness (QED) is 0.486. The van der Waals surface area contributed by atoms with Crippen molar-refractivity contribution in [2.24, 2.45) is 0 Å². The Morgan fingerprint density at radius 1 is 1.25 bits per heavy atom. The van der Waals surface area contributed by atoms with E-state index in [1.54, 1.807) is 0 Å². The van der Waals surface area contributed by atoms with E-state index in [2.05, 4.69) is 0 Å². The molecule has 0 amide bonds. The molecule has 0 rings (SSSR count). The van der Waals surface area contributed by atoms with Crippen LogP contribution in [0.15, 0.2) is 0 Å². The summed E-state index contributed by atoms with van der Waals surface area (Å²) < 4.78 is 0. The molecule has 0 saturated carbocycles. The zero-order chi connectivity index (χ0) is 0. The van der Waals surface area contributed by atoms with Crippen LogP contribution in [0, 0.1) is 0 Å². The number of rotatable bonds is 0. The maximum absolute atomic E-state index is 0. The molecule has 0 aliphatic carbocycles. The largest absolute Gasteiger partial charge is 2.00 e. The summed E-state index contributed by atoms with van der Waals surface area (Å²) >= 11 is 0. The van der Waals surface area contributed by atoms with Crippen molar-refractivity contribution in [1.29, 1.82) is 0 Å². The molecule has 0 aromatic rings. The fourth-order valence-electron chi connectivity index (χ4n) is 0. The van der Waals surface area contributed by atoms with Crippen molar-refractivity contribution in [2.45, 2.75) is 0 Å². The van der Waals surface area contributed by atoms with E-state index < -0.39 is 0 Å². The van der Waals surface area contributed by atoms with Gasteiger partial charge >= 0.3 is 23.1 Å². The van der Waals surface area contributed by atoms with E-state index in [4.69, 9.17) is 0 Å². The van der Waals surface area contributed by atoms with Crippen LogP contribution in [0.25, 0.3) is 0 Å². The molecule has 4 heteroatoms. The molecule has 0 bridgehead atoms. The molecular weight excluding hydrogens is 301 g/mol. The predicted octanol–water partition coefficient (Wildman–Crippen LogP) is -1.34. The van der Waals surface area contributed by atoms with Crippen molar-refractivity contribution in [3.05, 3.63) is 0 Å². The van der Waals surface area contributed by atoms with Gasteiger partial charge in [0.15, 0.2) is 17.4 Å². The minimum absolute atomic E-state index is 0. The van der Waals surface area contributed by atoms with Crippen LogP contribution in [0.5, 0.6) is 0 Å². The Hall–Kier alpha value is 2.51. The van der Waals surface area contributed by atoms with Crippen LogP contribution in [-0.4, -0.2) is 40.4 Å². The van der Waals surface area contributed by atoms with Gasteiger partial charge in [0.05, 0.1) is 0 Å². The summed E-state index contributed by atoms with van der Waals surface area (Å²) in [5.74, 6) is 0. The van der Waals surface area contributed by atoms with Gasteiger partial charge < -0.3 is 2.85 Å². The third-order valence-electron chi connectivity index (χ3n) is 0. The molecule has 0 nitrogen and oxygen atoms in total. The van der Waals surface area contributed by atoms with Crippen molar-refractivity contribution in [2.75, 3.05) is 0 Å². The van der Waals surface area contributed by atoms with Gasteiger partial charge in [-0.2, -0.15) is 0 Å². The van der Waals surface area contributed by atoms with E-state index in [1.807, 2.05) is 0 Å². The van der Waals surface area contributed by atoms with Crippen molar-refractivity contribution < 1.29 is 41.0 Å². The van der Waals surface area contributed by atoms with Crippen LogP contribution in [-0.2, 0) is 38.1 Å². The summed E-state index contributed by atoms with van der Waals surface area (Å²) in [6.07, 6.45) is 0. The van der Waals surface area contributed by atoms with Gasteiger partial charge in [0.25, 0.3) is 0 Å². The molecule has 0 fully saturated rings. The van der Waals surface area contributed by atoms with Crippen LogP contribution in [0.1, 0.15) is 2.85 Å². The van der Waals surface area contributed by atoms with Crippen molar-refractivity contribution >= 4 is 40.4 Å². The third-order valence-corrected chi connectivity index (χ3v) is 0. The molecular formula is H5AlMgMnPt. The maximum atomic E-state index is 0. The van der Waals surface area contributed by atoms with E-state index >= 15 is 0 Å². The third kappa shape index (κ3) is 8.82. The van der Waals surface area contributed by atoms with Crippen LogP contribution in [0.4, 0.5) is 0 Å². The van der Waals surface area contributed by atoms with Gasteiger partial charge in [-0.15, -0.1) is 0 Å². The molecule has 0 atom stereocenters. The van der Waals surface area contributed by atoms with Crippen molar-refractivity contribution in [1.82, 2.24) is 0 Å². The molecule has 0 saturated heterocycles. The first-order valence-corrected chi connectivity index (χ1v) is 0. The van der Waals surface area contributed by atoms with E-state index in [-0.39, 0.29) is 81.4 Å². The second kappa shape index (κ2) is 17.8. The Kier molecular flexibility index (Phi) is 140. The zero-order valence-corrected chi connectivity index (χ0v) is 6.27. The van der Waals surface area contributed by atoms with Crippen LogP contribution >= 0.6 is 0 Å². The van der Waals surface area contributed by atoms with E-state index in [0.29, 0.717) is 0 Å². The van der Waals surface area contributed by atoms with Crippen molar-refractivity contribution in [3.63, 3.8) is 0 Å². The van der Waals surface area contributed by atoms with Crippen LogP contribution in [0.3, 0.4) is 0 Å². The standard InChI is InChI=1S/Al.Mg.Mn.Pt.5H/q;+2;;;;;;2*-1. The molecule has 0 N–H and O–H groups in total. The Morgan fingerprint density at radius 2 is 1.25 bits per heavy atom. The number of hydrogen-bond donors (Lipinski definition) is 0. The van der Waals surface area contributed by atoms with Crippen LogP contribution in [0.2, 0.25) is 0 Å². The smallest absolute Gasteiger partial charge is 1.00 e. The van der Waals surface area contributed by atoms with Crippen LogP contribution < -0.4 is 0 Å². The molecule has 1 radical (unpaired) electrons. The monoisotopic (exact) mass is 306 g/mol. The van der Waals surface area contributed by atoms with E-state index in [9.17, 15) is 0 Å². The Labute approximate surface area is 80.5 Å². The zero-order valence-electron chi connectivity index (χ0n) is 3.40. The summed E-state index contributed by atoms with van der Waals surface area (Å²) in [4.78, 5) is 0. The molecule has 0 aromatic heterocycles. The maximum Gasteiger partial charge on any atom is 2.00 e. The van der Waals surface area contributed by atoms with Gasteiger partial charge in [0, 0.05) is 38.1 Å². The van der Waals surface area contributed by atoms with Gasteiger partial charge in [0.2, 0.25) is 0 Å². The minimum Gasteiger partial charge on any atom is -1.00 e. The normalized spacial score (nSPS) is 0. The van der Waals surface area contributed by atoms with Gasteiger partial charge in [-0.25, -0.2) is 0 Å². The van der Waals surface area contributed by atoms with Gasteiger partial charge in [-0.05, 0) is 0 Å². The fraction of sp³-hybridized carbons (Fsp3) is 0. The van der Waals surface area contributed by atoms with Crippen molar-refractivity contribution in [3.8, 4) is 0 Å². The predicted molar refractivity (Wildman–Crippen MR) is 17.9 cm³/mol. The molecule has 4 heavy (non-hydrogen) atoms. The fourth-order valence-corrected chi connectivity index (χ4v) is 0. The first-order valence-electron chi connectivity index (χ1n) is 0. The molecule has 0 aromatic carbocycles. The summed E-state index contributed by atoms with van der Waals surface area (Å²) in [5, 5.41) is 0. The average molecular weight is 306 g/mol. The first kappa shape index (κ1) is 31.4. The van der Waals surface area contributed by atoms with E-state index in [0.717, 1.165) is 0 Å². The average Bonchev–Trinajstić information content (AvgIpc) is 0. The molecule has 0 heterocycles. The first-order chi connectivity index (χ1) is 0. The van der Waals surface area contributed by atoms with Gasteiger partial charge in [0.1, 0.15) is 0 Å². The summed E-state index contributed by atoms with van der Waals surface area (Å²) in [5.41, 5.74) is 0. The second-order valence-electron chi connectivity index (χ2n) is 0. The SMILES string of the molecule is [AlH3].[H-].[H-].[Mg+2].[Mn].[Pt]. The number of hydrogen-bond acceptors (Lipinski definition) is 0. The molecule has 0 aliphatic heterocycles. The Bertz CT molecular complexity index is 13.5. The van der Waals surface area contributed by atoms with Gasteiger partial charge in [-0.3, -0.25) is 0 Å². The summed E-state index contributed by atoms with van der Waals surface area (Å²) in [7, 11) is 0. The summed E-state index contributed by atoms with van der Waals surface area (Å²) in [6.45, 7) is 0. The molecule has 0 aliphatic rings. The van der Waals surface area contributed by atoms with Gasteiger partial charge in [-0.1, -0.05) is 0 Å². The molecule has 0 spiro atoms. The minimum atomic E-state index is 0. The Balaban J connectivity index is 0. The van der Waals surface area contributed by atoms with E-state index in [1.165, 1.54) is 0 Å². The topological polar surface area (TPSA) is 0 Å². The molecule has 0 unspecified atom stereocenters. The Morgan fingerprint density at radius 3 is 1.25 bits per heavy atom. The summed E-state index contributed by atoms with van der Waals surface area (Å²) in [6, 6.07) is 0.